The van der Waals surface area contributed by atoms with Gasteiger partial charge in [-0.1, -0.05) is 6.42 Å². The van der Waals surface area contributed by atoms with Crippen molar-refractivity contribution in [3.8, 4) is 5.75 Å². The zero-order chi connectivity index (χ0) is 23.0. The molecule has 1 amide bonds. The third kappa shape index (κ3) is 5.16. The summed E-state index contributed by atoms with van der Waals surface area (Å²) in [5, 5.41) is 1.23. The highest BCUT2D eigenvalue weighted by Crippen LogP contribution is 2.32. The fraction of sp³-hybridized carbons (Fsp3) is 0.667. The van der Waals surface area contributed by atoms with Gasteiger partial charge in [0, 0.05) is 55.4 Å². The van der Waals surface area contributed by atoms with Crippen LogP contribution in [0, 0.1) is 0 Å². The fourth-order valence-corrected chi connectivity index (χ4v) is 5.49. The van der Waals surface area contributed by atoms with Gasteiger partial charge >= 0.3 is 6.09 Å². The molecule has 0 spiro atoms. The van der Waals surface area contributed by atoms with E-state index in [-0.39, 0.29) is 6.09 Å². The second-order valence-electron chi connectivity index (χ2n) is 11.1. The van der Waals surface area contributed by atoms with E-state index in [1.807, 2.05) is 25.7 Å². The zero-order valence-corrected chi connectivity index (χ0v) is 20.5. The average molecular weight is 454 g/mol. The monoisotopic (exact) mass is 453 g/mol. The normalized spacial score (nSPS) is 21.8. The molecule has 6 heteroatoms. The molecule has 0 bridgehead atoms. The summed E-state index contributed by atoms with van der Waals surface area (Å²) in [6.07, 6.45) is 10.7. The van der Waals surface area contributed by atoms with Crippen molar-refractivity contribution in [3.05, 3.63) is 30.5 Å². The summed E-state index contributed by atoms with van der Waals surface area (Å²) in [6, 6.07) is 9.98. The molecule has 0 radical (unpaired) electrons. The summed E-state index contributed by atoms with van der Waals surface area (Å²) in [5.41, 5.74) is 0.802. The Morgan fingerprint density at radius 2 is 1.64 bits per heavy atom. The van der Waals surface area contributed by atoms with E-state index in [2.05, 4.69) is 39.9 Å². The van der Waals surface area contributed by atoms with E-state index in [0.717, 1.165) is 50.6 Å². The molecule has 1 aromatic carbocycles. The van der Waals surface area contributed by atoms with Crippen LogP contribution < -0.4 is 4.74 Å². The Morgan fingerprint density at radius 1 is 0.909 bits per heavy atom. The predicted molar refractivity (Wildman–Crippen MR) is 131 cm³/mol. The number of carbonyl (C=O) groups is 1. The van der Waals surface area contributed by atoms with Gasteiger partial charge in [0.05, 0.1) is 0 Å². The maximum atomic E-state index is 12.4. The molecule has 3 aliphatic rings. The summed E-state index contributed by atoms with van der Waals surface area (Å²) in [4.78, 5) is 16.9. The molecular formula is C27H39N3O3. The highest BCUT2D eigenvalue weighted by atomic mass is 16.6. The van der Waals surface area contributed by atoms with Crippen LogP contribution in [0.4, 0.5) is 4.79 Å². The summed E-state index contributed by atoms with van der Waals surface area (Å²) in [5.74, 6) is 0.988. The lowest BCUT2D eigenvalue weighted by molar-refractivity contribution is 0.0189. The first-order valence-corrected chi connectivity index (χ1v) is 12.8. The summed E-state index contributed by atoms with van der Waals surface area (Å²) in [7, 11) is 0. The molecule has 33 heavy (non-hydrogen) atoms. The topological polar surface area (TPSA) is 46.9 Å². The van der Waals surface area contributed by atoms with E-state index in [1.54, 1.807) is 0 Å². The van der Waals surface area contributed by atoms with Crippen molar-refractivity contribution in [2.75, 3.05) is 26.2 Å². The molecule has 3 heterocycles. The molecule has 6 nitrogen and oxygen atoms in total. The predicted octanol–water partition coefficient (Wildman–Crippen LogP) is 5.61. The molecule has 1 aromatic heterocycles. The van der Waals surface area contributed by atoms with E-state index in [9.17, 15) is 4.79 Å². The Morgan fingerprint density at radius 3 is 2.27 bits per heavy atom. The quantitative estimate of drug-likeness (QED) is 0.604. The van der Waals surface area contributed by atoms with Crippen LogP contribution in [0.1, 0.15) is 71.8 Å². The summed E-state index contributed by atoms with van der Waals surface area (Å²) < 4.78 is 14.3. The van der Waals surface area contributed by atoms with E-state index < -0.39 is 5.60 Å². The van der Waals surface area contributed by atoms with E-state index >= 15 is 0 Å². The molecule has 0 unspecified atom stereocenters. The molecule has 180 valence electrons. The fourth-order valence-electron chi connectivity index (χ4n) is 5.49. The van der Waals surface area contributed by atoms with Gasteiger partial charge < -0.3 is 23.8 Å². The number of carbonyl (C=O) groups excluding carboxylic acids is 1. The Kier molecular flexibility index (Phi) is 6.30. The minimum Gasteiger partial charge on any atom is -0.490 e. The number of hydrogen-bond donors (Lipinski definition) is 0. The number of ether oxygens (including phenoxy) is 2. The number of fused-ring (bicyclic) bond motifs is 1. The molecule has 2 aromatic rings. The number of piperidine rings is 2. The number of amides is 1. The van der Waals surface area contributed by atoms with Gasteiger partial charge in [0.25, 0.3) is 0 Å². The van der Waals surface area contributed by atoms with Gasteiger partial charge in [-0.2, -0.15) is 0 Å². The van der Waals surface area contributed by atoms with Gasteiger partial charge in [0.15, 0.2) is 0 Å². The standard InChI is InChI=1S/C27H39N3O3/c1-27(2,3)33-26(31)29-14-10-22(11-15-29)30-18-9-20-19-24(7-8-25(20)30)32-23-12-16-28(17-13-23)21-5-4-6-21/h7-9,18-19,21-23H,4-6,10-17H2,1-3H3. The van der Waals surface area contributed by atoms with Crippen LogP contribution in [0.15, 0.2) is 30.5 Å². The van der Waals surface area contributed by atoms with Crippen molar-refractivity contribution in [1.29, 1.82) is 0 Å². The van der Waals surface area contributed by atoms with Gasteiger partial charge in [-0.3, -0.25) is 0 Å². The van der Waals surface area contributed by atoms with Crippen molar-refractivity contribution in [2.24, 2.45) is 0 Å². The molecule has 5 rings (SSSR count). The lowest BCUT2D eigenvalue weighted by Gasteiger charge is -2.41. The Bertz CT molecular complexity index is 959. The van der Waals surface area contributed by atoms with E-state index in [1.165, 1.54) is 43.3 Å². The molecule has 2 aliphatic heterocycles. The lowest BCUT2D eigenvalue weighted by atomic mass is 9.90. The number of aromatic nitrogens is 1. The number of rotatable bonds is 4. The SMILES string of the molecule is CC(C)(C)OC(=O)N1CCC(n2ccc3cc(OC4CCN(C5CCC5)CC4)ccc32)CC1. The molecular weight excluding hydrogens is 414 g/mol. The minimum absolute atomic E-state index is 0.196. The van der Waals surface area contributed by atoms with Crippen LogP contribution in [-0.2, 0) is 4.74 Å². The van der Waals surface area contributed by atoms with Crippen molar-refractivity contribution >= 4 is 17.0 Å². The van der Waals surface area contributed by atoms with Gasteiger partial charge in [-0.25, -0.2) is 4.79 Å². The molecule has 1 saturated carbocycles. The Hall–Kier alpha value is -2.21. The highest BCUT2D eigenvalue weighted by Gasteiger charge is 2.30. The molecule has 1 aliphatic carbocycles. The first-order chi connectivity index (χ1) is 15.9. The van der Waals surface area contributed by atoms with Crippen LogP contribution in [0.25, 0.3) is 10.9 Å². The Balaban J connectivity index is 1.17. The highest BCUT2D eigenvalue weighted by molar-refractivity contribution is 5.82. The van der Waals surface area contributed by atoms with Crippen LogP contribution in [0.2, 0.25) is 0 Å². The summed E-state index contributed by atoms with van der Waals surface area (Å²) >= 11 is 0. The summed E-state index contributed by atoms with van der Waals surface area (Å²) in [6.45, 7) is 9.57. The lowest BCUT2D eigenvalue weighted by Crippen LogP contribution is -2.46. The average Bonchev–Trinajstić information content (AvgIpc) is 3.16. The van der Waals surface area contributed by atoms with Crippen molar-refractivity contribution in [2.45, 2.75) is 89.5 Å². The van der Waals surface area contributed by atoms with Crippen LogP contribution >= 0.6 is 0 Å². The smallest absolute Gasteiger partial charge is 0.410 e. The van der Waals surface area contributed by atoms with Gasteiger partial charge in [-0.05, 0) is 83.6 Å². The van der Waals surface area contributed by atoms with Crippen LogP contribution in [-0.4, -0.2) is 64.4 Å². The third-order valence-electron chi connectivity index (χ3n) is 7.57. The van der Waals surface area contributed by atoms with Gasteiger partial charge in [0.1, 0.15) is 17.5 Å². The number of benzene rings is 1. The maximum absolute atomic E-state index is 12.4. The van der Waals surface area contributed by atoms with Crippen molar-refractivity contribution in [1.82, 2.24) is 14.4 Å². The number of likely N-dealkylation sites (tertiary alicyclic amines) is 2. The van der Waals surface area contributed by atoms with Gasteiger partial charge in [-0.15, -0.1) is 0 Å². The maximum Gasteiger partial charge on any atom is 0.410 e. The Labute approximate surface area is 197 Å². The van der Waals surface area contributed by atoms with Crippen molar-refractivity contribution < 1.29 is 14.3 Å². The van der Waals surface area contributed by atoms with Crippen LogP contribution in [0.5, 0.6) is 5.75 Å². The van der Waals surface area contributed by atoms with E-state index in [4.69, 9.17) is 9.47 Å². The third-order valence-corrected chi connectivity index (χ3v) is 7.57. The second-order valence-corrected chi connectivity index (χ2v) is 11.1. The van der Waals surface area contributed by atoms with Gasteiger partial charge in [0.2, 0.25) is 0 Å². The first kappa shape index (κ1) is 22.6. The van der Waals surface area contributed by atoms with Crippen molar-refractivity contribution in [3.63, 3.8) is 0 Å². The molecule has 2 saturated heterocycles. The van der Waals surface area contributed by atoms with E-state index in [0.29, 0.717) is 12.1 Å². The minimum atomic E-state index is -0.446. The zero-order valence-electron chi connectivity index (χ0n) is 20.5. The van der Waals surface area contributed by atoms with Crippen LogP contribution in [0.3, 0.4) is 0 Å². The number of hydrogen-bond acceptors (Lipinski definition) is 4. The molecule has 0 N–H and O–H groups in total. The largest absolute Gasteiger partial charge is 0.490 e. The first-order valence-electron chi connectivity index (χ1n) is 12.8. The molecule has 3 fully saturated rings. The number of nitrogens with zero attached hydrogens (tertiary/aromatic N) is 3. The molecule has 0 atom stereocenters. The second kappa shape index (κ2) is 9.21.